The van der Waals surface area contributed by atoms with E-state index in [0.717, 1.165) is 19.9 Å². The van der Waals surface area contributed by atoms with Gasteiger partial charge in [0.1, 0.15) is 6.04 Å². The summed E-state index contributed by atoms with van der Waals surface area (Å²) in [4.78, 5) is 24.6. The number of carbonyl (C=O) groups is 2. The summed E-state index contributed by atoms with van der Waals surface area (Å²) in [6.07, 6.45) is 0.366. The number of nitrogens with one attached hydrogen (secondary N) is 1. The molecule has 0 heterocycles. The van der Waals surface area contributed by atoms with Crippen LogP contribution in [0.15, 0.2) is 66.7 Å². The van der Waals surface area contributed by atoms with Crippen LogP contribution in [0.2, 0.25) is 0 Å². The summed E-state index contributed by atoms with van der Waals surface area (Å²) in [5.41, 5.74) is 7.03. The molecule has 0 aliphatic rings. The summed E-state index contributed by atoms with van der Waals surface area (Å²) in [6, 6.07) is 20.1. The largest absolute Gasteiger partial charge is 0.368 e. The third-order valence-electron chi connectivity index (χ3n) is 4.06. The van der Waals surface area contributed by atoms with E-state index in [-0.39, 0.29) is 5.91 Å². The summed E-state index contributed by atoms with van der Waals surface area (Å²) < 4.78 is 1.03. The molecule has 0 spiro atoms. The van der Waals surface area contributed by atoms with E-state index >= 15 is 0 Å². The Morgan fingerprint density at radius 3 is 2.40 bits per heavy atom. The number of primary amides is 1. The second kappa shape index (κ2) is 7.65. The Morgan fingerprint density at radius 2 is 1.64 bits per heavy atom. The fraction of sp³-hybridized carbons (Fsp3) is 0.100. The number of fused-ring (bicyclic) bond motifs is 1. The van der Waals surface area contributed by atoms with Crippen molar-refractivity contribution in [1.82, 2.24) is 5.32 Å². The van der Waals surface area contributed by atoms with Gasteiger partial charge in [0.2, 0.25) is 5.91 Å². The van der Waals surface area contributed by atoms with Gasteiger partial charge in [0.15, 0.2) is 0 Å². The van der Waals surface area contributed by atoms with Crippen LogP contribution in [0.4, 0.5) is 0 Å². The van der Waals surface area contributed by atoms with Crippen molar-refractivity contribution in [2.24, 2.45) is 5.73 Å². The Labute approximate surface area is 159 Å². The van der Waals surface area contributed by atoms with Crippen molar-refractivity contribution in [3.8, 4) is 0 Å². The van der Waals surface area contributed by atoms with Crippen LogP contribution in [-0.4, -0.2) is 17.9 Å². The molecule has 5 heteroatoms. The van der Waals surface area contributed by atoms with Crippen LogP contribution < -0.4 is 11.1 Å². The van der Waals surface area contributed by atoms with Gasteiger partial charge < -0.3 is 11.1 Å². The quantitative estimate of drug-likeness (QED) is 0.593. The van der Waals surface area contributed by atoms with Gasteiger partial charge in [-0.05, 0) is 51.1 Å². The van der Waals surface area contributed by atoms with Crippen LogP contribution in [0.5, 0.6) is 0 Å². The first kappa shape index (κ1) is 17.4. The standard InChI is InChI=1S/C20H17IN2O2/c21-17-11-4-2-7-14(17)12-18(19(22)24)23-20(25)16-10-5-8-13-6-1-3-9-15(13)16/h1-11,18H,12H2,(H2,22,24)(H,23,25)/t18-/m0/s1. The normalized spacial score (nSPS) is 11.9. The molecule has 2 amide bonds. The number of benzene rings is 3. The first-order valence-electron chi connectivity index (χ1n) is 7.87. The molecule has 126 valence electrons. The lowest BCUT2D eigenvalue weighted by atomic mass is 10.0. The molecule has 3 N–H and O–H groups in total. The Balaban J connectivity index is 1.86. The maximum Gasteiger partial charge on any atom is 0.252 e. The van der Waals surface area contributed by atoms with Gasteiger partial charge in [0, 0.05) is 15.6 Å². The van der Waals surface area contributed by atoms with Gasteiger partial charge >= 0.3 is 0 Å². The highest BCUT2D eigenvalue weighted by Gasteiger charge is 2.21. The van der Waals surface area contributed by atoms with Gasteiger partial charge in [-0.25, -0.2) is 0 Å². The Kier molecular flexibility index (Phi) is 5.33. The van der Waals surface area contributed by atoms with Crippen LogP contribution >= 0.6 is 22.6 Å². The molecule has 0 fully saturated rings. The van der Waals surface area contributed by atoms with Gasteiger partial charge in [0.05, 0.1) is 0 Å². The minimum absolute atomic E-state index is 0.300. The van der Waals surface area contributed by atoms with E-state index in [9.17, 15) is 9.59 Å². The second-order valence-electron chi connectivity index (χ2n) is 5.75. The highest BCUT2D eigenvalue weighted by molar-refractivity contribution is 14.1. The van der Waals surface area contributed by atoms with Crippen LogP contribution in [0, 0.1) is 3.57 Å². The predicted molar refractivity (Wildman–Crippen MR) is 107 cm³/mol. The molecule has 3 aromatic rings. The van der Waals surface area contributed by atoms with Crippen LogP contribution in [0.1, 0.15) is 15.9 Å². The molecular formula is C20H17IN2O2. The zero-order valence-corrected chi connectivity index (χ0v) is 15.6. The summed E-state index contributed by atoms with van der Waals surface area (Å²) >= 11 is 2.21. The SMILES string of the molecule is NC(=O)[C@H](Cc1ccccc1I)NC(=O)c1cccc2ccccc12. The number of hydrogen-bond acceptors (Lipinski definition) is 2. The molecule has 0 aliphatic carbocycles. The van der Waals surface area contributed by atoms with E-state index in [1.54, 1.807) is 6.07 Å². The molecule has 0 radical (unpaired) electrons. The van der Waals surface area contributed by atoms with Crippen LogP contribution in [0.3, 0.4) is 0 Å². The number of hydrogen-bond donors (Lipinski definition) is 2. The molecule has 3 rings (SSSR count). The van der Waals surface area contributed by atoms with Gasteiger partial charge in [-0.1, -0.05) is 54.6 Å². The summed E-state index contributed by atoms with van der Waals surface area (Å²) in [5.74, 6) is -0.847. The topological polar surface area (TPSA) is 72.2 Å². The van der Waals surface area contributed by atoms with E-state index in [0.29, 0.717) is 12.0 Å². The van der Waals surface area contributed by atoms with E-state index in [1.807, 2.05) is 60.7 Å². The lowest BCUT2D eigenvalue weighted by Crippen LogP contribution is -2.46. The molecule has 0 saturated carbocycles. The third kappa shape index (κ3) is 3.99. The van der Waals surface area contributed by atoms with E-state index in [1.165, 1.54) is 0 Å². The fourth-order valence-corrected chi connectivity index (χ4v) is 3.37. The summed E-state index contributed by atoms with van der Waals surface area (Å²) in [5, 5.41) is 4.61. The molecular weight excluding hydrogens is 427 g/mol. The average molecular weight is 444 g/mol. The molecule has 0 saturated heterocycles. The predicted octanol–water partition coefficient (Wildman–Crippen LogP) is 3.27. The zero-order chi connectivity index (χ0) is 17.8. The molecule has 1 atom stereocenters. The van der Waals surface area contributed by atoms with E-state index < -0.39 is 11.9 Å². The number of nitrogens with two attached hydrogens (primary N) is 1. The Bertz CT molecular complexity index is 934. The van der Waals surface area contributed by atoms with Gasteiger partial charge in [0.25, 0.3) is 5.91 Å². The first-order chi connectivity index (χ1) is 12.1. The Morgan fingerprint density at radius 1 is 0.960 bits per heavy atom. The average Bonchev–Trinajstić information content (AvgIpc) is 2.62. The fourth-order valence-electron chi connectivity index (χ4n) is 2.77. The monoisotopic (exact) mass is 444 g/mol. The second-order valence-corrected chi connectivity index (χ2v) is 6.91. The smallest absolute Gasteiger partial charge is 0.252 e. The molecule has 25 heavy (non-hydrogen) atoms. The number of halogens is 1. The highest BCUT2D eigenvalue weighted by Crippen LogP contribution is 2.19. The van der Waals surface area contributed by atoms with Gasteiger partial charge in [-0.15, -0.1) is 0 Å². The van der Waals surface area contributed by atoms with Crippen molar-refractivity contribution in [3.63, 3.8) is 0 Å². The van der Waals surface area contributed by atoms with E-state index in [4.69, 9.17) is 5.73 Å². The Hall–Kier alpha value is -2.41. The zero-order valence-electron chi connectivity index (χ0n) is 13.4. The molecule has 0 bridgehead atoms. The summed E-state index contributed by atoms with van der Waals surface area (Å²) in [6.45, 7) is 0. The van der Waals surface area contributed by atoms with E-state index in [2.05, 4.69) is 27.9 Å². The number of carbonyl (C=O) groups excluding carboxylic acids is 2. The maximum absolute atomic E-state index is 12.7. The lowest BCUT2D eigenvalue weighted by Gasteiger charge is -2.17. The highest BCUT2D eigenvalue weighted by atomic mass is 127. The van der Waals surface area contributed by atoms with Crippen molar-refractivity contribution in [1.29, 1.82) is 0 Å². The minimum atomic E-state index is -0.762. The summed E-state index contributed by atoms with van der Waals surface area (Å²) in [7, 11) is 0. The molecule has 0 aromatic heterocycles. The van der Waals surface area contributed by atoms with Gasteiger partial charge in [-0.3, -0.25) is 9.59 Å². The number of rotatable bonds is 5. The van der Waals surface area contributed by atoms with Crippen molar-refractivity contribution in [2.75, 3.05) is 0 Å². The molecule has 0 aliphatic heterocycles. The number of amides is 2. The molecule has 0 unspecified atom stereocenters. The van der Waals surface area contributed by atoms with Crippen molar-refractivity contribution in [2.45, 2.75) is 12.5 Å². The third-order valence-corrected chi connectivity index (χ3v) is 5.12. The maximum atomic E-state index is 12.7. The minimum Gasteiger partial charge on any atom is -0.368 e. The van der Waals surface area contributed by atoms with Crippen LogP contribution in [-0.2, 0) is 11.2 Å². The van der Waals surface area contributed by atoms with Crippen LogP contribution in [0.25, 0.3) is 10.8 Å². The molecule has 4 nitrogen and oxygen atoms in total. The molecule has 3 aromatic carbocycles. The van der Waals surface area contributed by atoms with Crippen molar-refractivity contribution < 1.29 is 9.59 Å². The van der Waals surface area contributed by atoms with Crippen molar-refractivity contribution in [3.05, 3.63) is 81.4 Å². The lowest BCUT2D eigenvalue weighted by molar-refractivity contribution is -0.119. The van der Waals surface area contributed by atoms with Crippen molar-refractivity contribution >= 4 is 45.2 Å². The first-order valence-corrected chi connectivity index (χ1v) is 8.95. The van der Waals surface area contributed by atoms with Gasteiger partial charge in [-0.2, -0.15) is 0 Å².